The monoisotopic (exact) mass is 246 g/mol. The van der Waals surface area contributed by atoms with Gasteiger partial charge in [0.05, 0.1) is 0 Å². The summed E-state index contributed by atoms with van der Waals surface area (Å²) in [6, 6.07) is 5.75. The quantitative estimate of drug-likeness (QED) is 0.769. The van der Waals surface area contributed by atoms with Gasteiger partial charge in [-0.3, -0.25) is 4.79 Å². The van der Waals surface area contributed by atoms with Gasteiger partial charge in [0.25, 0.3) is 5.91 Å². The molecule has 1 aromatic carbocycles. The van der Waals surface area contributed by atoms with Crippen LogP contribution in [0.25, 0.3) is 0 Å². The minimum absolute atomic E-state index is 0.0754. The molecule has 0 atom stereocenters. The number of nitrogens with two attached hydrogens (primary N) is 1. The summed E-state index contributed by atoms with van der Waals surface area (Å²) in [4.78, 5) is 13.8. The zero-order chi connectivity index (χ0) is 11.8. The Kier molecular flexibility index (Phi) is 2.29. The largest absolute Gasteiger partial charge is 0.399 e. The number of carbonyl (C=O) groups is 1. The Morgan fingerprint density at radius 3 is 2.94 bits per heavy atom. The second kappa shape index (κ2) is 3.81. The highest BCUT2D eigenvalue weighted by Crippen LogP contribution is 2.25. The van der Waals surface area contributed by atoms with Crippen LogP contribution < -0.4 is 5.73 Å². The molecule has 1 amide bonds. The second-order valence-electron chi connectivity index (χ2n) is 3.98. The molecular formula is C11H10N4OS. The molecule has 5 nitrogen and oxygen atoms in total. The van der Waals surface area contributed by atoms with Gasteiger partial charge >= 0.3 is 0 Å². The number of amides is 1. The van der Waals surface area contributed by atoms with Gasteiger partial charge in [0.1, 0.15) is 0 Å². The number of nitrogen functional groups attached to an aromatic ring is 1. The molecule has 0 aliphatic carbocycles. The van der Waals surface area contributed by atoms with Gasteiger partial charge in [0.15, 0.2) is 5.69 Å². The molecule has 17 heavy (non-hydrogen) atoms. The summed E-state index contributed by atoms with van der Waals surface area (Å²) in [7, 11) is 0. The van der Waals surface area contributed by atoms with E-state index < -0.39 is 0 Å². The van der Waals surface area contributed by atoms with Crippen LogP contribution in [-0.4, -0.2) is 20.4 Å². The summed E-state index contributed by atoms with van der Waals surface area (Å²) < 4.78 is 3.70. The van der Waals surface area contributed by atoms with Crippen molar-refractivity contribution in [3.63, 3.8) is 0 Å². The van der Waals surface area contributed by atoms with Crippen LogP contribution in [0.1, 0.15) is 21.6 Å². The number of rotatable bonds is 1. The minimum Gasteiger partial charge on any atom is -0.399 e. The highest BCUT2D eigenvalue weighted by molar-refractivity contribution is 7.03. The van der Waals surface area contributed by atoms with E-state index in [1.54, 1.807) is 10.3 Å². The third-order valence-corrected chi connectivity index (χ3v) is 3.32. The van der Waals surface area contributed by atoms with Gasteiger partial charge in [-0.25, -0.2) is 0 Å². The Bertz CT molecular complexity index is 567. The number of nitrogens with zero attached hydrogens (tertiary/aromatic N) is 3. The normalized spacial score (nSPS) is 13.8. The fourth-order valence-electron chi connectivity index (χ4n) is 1.98. The Labute approximate surface area is 102 Å². The van der Waals surface area contributed by atoms with E-state index >= 15 is 0 Å². The van der Waals surface area contributed by atoms with E-state index in [2.05, 4.69) is 9.59 Å². The molecule has 0 unspecified atom stereocenters. The molecule has 0 radical (unpaired) electrons. The van der Waals surface area contributed by atoms with Crippen LogP contribution in [0.4, 0.5) is 5.69 Å². The summed E-state index contributed by atoms with van der Waals surface area (Å²) >= 11 is 1.18. The Morgan fingerprint density at radius 2 is 2.18 bits per heavy atom. The van der Waals surface area contributed by atoms with E-state index in [4.69, 9.17) is 5.73 Å². The lowest BCUT2D eigenvalue weighted by Crippen LogP contribution is -2.25. The first-order valence-corrected chi connectivity index (χ1v) is 6.01. The summed E-state index contributed by atoms with van der Waals surface area (Å²) in [5.74, 6) is -0.0754. The Balaban J connectivity index is 1.85. The molecule has 0 spiro atoms. The smallest absolute Gasteiger partial charge is 0.275 e. The minimum atomic E-state index is -0.0754. The molecule has 2 aromatic rings. The van der Waals surface area contributed by atoms with Crippen LogP contribution in [0.5, 0.6) is 0 Å². The summed E-state index contributed by atoms with van der Waals surface area (Å²) in [5, 5.41) is 5.46. The first-order chi connectivity index (χ1) is 8.24. The molecule has 1 aromatic heterocycles. The predicted octanol–water partition coefficient (Wildman–Crippen LogP) is 1.28. The highest BCUT2D eigenvalue weighted by Gasteiger charge is 2.25. The number of hydrogen-bond acceptors (Lipinski definition) is 5. The highest BCUT2D eigenvalue weighted by atomic mass is 32.1. The molecule has 3 rings (SSSR count). The van der Waals surface area contributed by atoms with E-state index in [-0.39, 0.29) is 5.91 Å². The van der Waals surface area contributed by atoms with Crippen LogP contribution in [-0.2, 0) is 13.1 Å². The van der Waals surface area contributed by atoms with Crippen molar-refractivity contribution >= 4 is 23.1 Å². The van der Waals surface area contributed by atoms with Crippen molar-refractivity contribution in [2.24, 2.45) is 0 Å². The molecule has 2 heterocycles. The maximum absolute atomic E-state index is 12.1. The summed E-state index contributed by atoms with van der Waals surface area (Å²) in [5.41, 5.74) is 9.13. The van der Waals surface area contributed by atoms with Gasteiger partial charge in [-0.2, -0.15) is 0 Å². The Hall–Kier alpha value is -1.95. The average Bonchev–Trinajstić information content (AvgIpc) is 2.96. The SMILES string of the molecule is Nc1ccc2c(c1)CN(C(=O)c1csnn1)C2. The van der Waals surface area contributed by atoms with Gasteiger partial charge in [-0.1, -0.05) is 10.6 Å². The molecule has 0 saturated carbocycles. The molecule has 1 aliphatic rings. The predicted molar refractivity (Wildman–Crippen MR) is 64.3 cm³/mol. The number of anilines is 1. The number of carbonyl (C=O) groups excluding carboxylic acids is 1. The molecule has 0 bridgehead atoms. The van der Waals surface area contributed by atoms with Gasteiger partial charge < -0.3 is 10.6 Å². The molecule has 2 N–H and O–H groups in total. The molecular weight excluding hydrogens is 236 g/mol. The van der Waals surface area contributed by atoms with E-state index in [1.165, 1.54) is 11.5 Å². The van der Waals surface area contributed by atoms with E-state index in [0.717, 1.165) is 16.8 Å². The van der Waals surface area contributed by atoms with Crippen molar-refractivity contribution in [1.82, 2.24) is 14.5 Å². The van der Waals surface area contributed by atoms with Crippen molar-refractivity contribution in [2.75, 3.05) is 5.73 Å². The number of benzene rings is 1. The van der Waals surface area contributed by atoms with Crippen LogP contribution in [0, 0.1) is 0 Å². The van der Waals surface area contributed by atoms with Crippen LogP contribution in [0.3, 0.4) is 0 Å². The van der Waals surface area contributed by atoms with Gasteiger partial charge in [0, 0.05) is 24.2 Å². The molecule has 0 saturated heterocycles. The zero-order valence-electron chi connectivity index (χ0n) is 8.96. The van der Waals surface area contributed by atoms with Crippen LogP contribution >= 0.6 is 11.5 Å². The van der Waals surface area contributed by atoms with Crippen molar-refractivity contribution in [1.29, 1.82) is 0 Å². The summed E-state index contributed by atoms with van der Waals surface area (Å²) in [6.07, 6.45) is 0. The first kappa shape index (κ1) is 10.2. The van der Waals surface area contributed by atoms with Gasteiger partial charge in [-0.05, 0) is 34.8 Å². The standard InChI is InChI=1S/C11H10N4OS/c12-9-2-1-7-4-15(5-8(7)3-9)11(16)10-6-17-14-13-10/h1-3,6H,4-5,12H2. The first-order valence-electron chi connectivity index (χ1n) is 5.17. The average molecular weight is 246 g/mol. The number of hydrogen-bond donors (Lipinski definition) is 1. The lowest BCUT2D eigenvalue weighted by molar-refractivity contribution is 0.0745. The van der Waals surface area contributed by atoms with Crippen LogP contribution in [0.2, 0.25) is 0 Å². The van der Waals surface area contributed by atoms with Crippen molar-refractivity contribution < 1.29 is 4.79 Å². The van der Waals surface area contributed by atoms with Crippen molar-refractivity contribution in [2.45, 2.75) is 13.1 Å². The third-order valence-electron chi connectivity index (χ3n) is 2.82. The Morgan fingerprint density at radius 1 is 1.35 bits per heavy atom. The number of aromatic nitrogens is 2. The number of fused-ring (bicyclic) bond motifs is 1. The van der Waals surface area contributed by atoms with Gasteiger partial charge in [0.2, 0.25) is 0 Å². The maximum Gasteiger partial charge on any atom is 0.275 e. The van der Waals surface area contributed by atoms with Gasteiger partial charge in [-0.15, -0.1) is 5.10 Å². The van der Waals surface area contributed by atoms with E-state index in [1.807, 2.05) is 18.2 Å². The van der Waals surface area contributed by atoms with Crippen molar-refractivity contribution in [3.05, 3.63) is 40.4 Å². The van der Waals surface area contributed by atoms with Crippen LogP contribution in [0.15, 0.2) is 23.6 Å². The fourth-order valence-corrected chi connectivity index (χ4v) is 2.41. The second-order valence-corrected chi connectivity index (χ2v) is 4.59. The maximum atomic E-state index is 12.1. The van der Waals surface area contributed by atoms with Crippen molar-refractivity contribution in [3.8, 4) is 0 Å². The van der Waals surface area contributed by atoms with E-state index in [9.17, 15) is 4.79 Å². The molecule has 6 heteroatoms. The zero-order valence-corrected chi connectivity index (χ0v) is 9.78. The molecule has 86 valence electrons. The third kappa shape index (κ3) is 1.76. The fraction of sp³-hybridized carbons (Fsp3) is 0.182. The summed E-state index contributed by atoms with van der Waals surface area (Å²) in [6.45, 7) is 1.21. The molecule has 1 aliphatic heterocycles. The topological polar surface area (TPSA) is 72.1 Å². The lowest BCUT2D eigenvalue weighted by Gasteiger charge is -2.12. The molecule has 0 fully saturated rings. The van der Waals surface area contributed by atoms with E-state index in [0.29, 0.717) is 18.8 Å². The lowest BCUT2D eigenvalue weighted by atomic mass is 10.1.